The molecule has 0 bridgehead atoms. The van der Waals surface area contributed by atoms with Crippen LogP contribution in [0, 0.1) is 0 Å². The first-order valence-electron chi connectivity index (χ1n) is 42.4. The summed E-state index contributed by atoms with van der Waals surface area (Å²) in [5, 5.41) is 10.7. The van der Waals surface area contributed by atoms with Gasteiger partial charge in [0.05, 0.1) is 26.4 Å². The largest absolute Gasteiger partial charge is 0.472 e. The van der Waals surface area contributed by atoms with Crippen molar-refractivity contribution in [2.75, 3.05) is 39.6 Å². The Kier molecular flexibility index (Phi) is 76.7. The number of allylic oxidation sites excluding steroid dienone is 22. The monoisotopic (exact) mass is 1560 g/mol. The van der Waals surface area contributed by atoms with Gasteiger partial charge in [-0.25, -0.2) is 9.13 Å². The summed E-state index contributed by atoms with van der Waals surface area (Å²) < 4.78 is 68.7. The third-order valence-electron chi connectivity index (χ3n) is 17.6. The van der Waals surface area contributed by atoms with Gasteiger partial charge in [-0.3, -0.25) is 37.3 Å². The van der Waals surface area contributed by atoms with E-state index in [1.807, 2.05) is 18.2 Å². The topological polar surface area (TPSA) is 237 Å². The number of carbonyl (C=O) groups excluding carboxylic acids is 4. The minimum Gasteiger partial charge on any atom is -0.462 e. The summed E-state index contributed by atoms with van der Waals surface area (Å²) in [6.07, 6.45) is 91.4. The van der Waals surface area contributed by atoms with E-state index in [4.69, 9.17) is 37.0 Å². The third-order valence-corrected chi connectivity index (χ3v) is 19.5. The second kappa shape index (κ2) is 80.3. The molecular weight excluding hydrogens is 1400 g/mol. The highest BCUT2D eigenvalue weighted by Crippen LogP contribution is 2.45. The van der Waals surface area contributed by atoms with Gasteiger partial charge in [0, 0.05) is 25.7 Å². The molecule has 0 aliphatic heterocycles. The summed E-state index contributed by atoms with van der Waals surface area (Å²) in [6.45, 7) is 4.64. The number of hydrogen-bond acceptors (Lipinski definition) is 15. The van der Waals surface area contributed by atoms with E-state index < -0.39 is 97.5 Å². The van der Waals surface area contributed by atoms with Crippen molar-refractivity contribution in [3.63, 3.8) is 0 Å². The van der Waals surface area contributed by atoms with Crippen molar-refractivity contribution in [1.82, 2.24) is 0 Å². The average Bonchev–Trinajstić information content (AvgIpc) is 0.896. The Labute approximate surface area is 656 Å². The molecule has 5 atom stereocenters. The van der Waals surface area contributed by atoms with Crippen LogP contribution in [-0.4, -0.2) is 96.7 Å². The van der Waals surface area contributed by atoms with Gasteiger partial charge < -0.3 is 33.8 Å². The second-order valence-corrected chi connectivity index (χ2v) is 30.9. The number of phosphoric ester groups is 2. The first-order chi connectivity index (χ1) is 52.7. The lowest BCUT2D eigenvalue weighted by Gasteiger charge is -2.21. The van der Waals surface area contributed by atoms with Crippen LogP contribution < -0.4 is 0 Å². The molecule has 0 aromatic heterocycles. The van der Waals surface area contributed by atoms with E-state index in [0.29, 0.717) is 32.1 Å². The normalized spacial score (nSPS) is 14.5. The number of esters is 4. The maximum atomic E-state index is 13.1. The summed E-state index contributed by atoms with van der Waals surface area (Å²) in [4.78, 5) is 73.2. The Bertz CT molecular complexity index is 2560. The smallest absolute Gasteiger partial charge is 0.462 e. The molecule has 0 radical (unpaired) electrons. The van der Waals surface area contributed by atoms with Crippen molar-refractivity contribution < 1.29 is 80.2 Å². The van der Waals surface area contributed by atoms with E-state index in [2.05, 4.69) is 143 Å². The maximum Gasteiger partial charge on any atom is 0.472 e. The summed E-state index contributed by atoms with van der Waals surface area (Å²) in [7, 11) is -9.99. The predicted molar refractivity (Wildman–Crippen MR) is 445 cm³/mol. The van der Waals surface area contributed by atoms with Crippen molar-refractivity contribution in [3.05, 3.63) is 134 Å². The van der Waals surface area contributed by atoms with Crippen LogP contribution in [0.2, 0.25) is 0 Å². The lowest BCUT2D eigenvalue weighted by atomic mass is 10.0. The van der Waals surface area contributed by atoms with Crippen molar-refractivity contribution in [3.8, 4) is 0 Å². The first-order valence-corrected chi connectivity index (χ1v) is 45.4. The number of aliphatic hydroxyl groups is 1. The van der Waals surface area contributed by atoms with Gasteiger partial charge >= 0.3 is 39.5 Å². The molecule has 0 saturated carbocycles. The van der Waals surface area contributed by atoms with Crippen LogP contribution in [0.25, 0.3) is 0 Å². The SMILES string of the molecule is CC/C=C\C/C=C\C/C=C\C/C=C\C/C=C\C/C=C\CCC(=O)OCC(COP(=O)(O)OCC(O)COP(=O)(O)OCC(COC(=O)CCCCCCC/C=C\C/C=C\CCCCC)OC(=O)CCCCCCCCCCCCCCCCC)OC(=O)CCCCCCCC/C=C\C/C=C\C/C=C\CCCCC. The quantitative estimate of drug-likeness (QED) is 0.0169. The number of unbranched alkanes of at least 4 members (excludes halogenated alkanes) is 31. The number of aliphatic hydroxyl groups excluding tert-OH is 1. The van der Waals surface area contributed by atoms with Gasteiger partial charge in [-0.15, -0.1) is 0 Å². The second-order valence-electron chi connectivity index (χ2n) is 28.0. The van der Waals surface area contributed by atoms with Crippen LogP contribution in [0.4, 0.5) is 0 Å². The van der Waals surface area contributed by atoms with Crippen LogP contribution in [-0.2, 0) is 65.4 Å². The Hall–Kier alpha value is -4.80. The molecule has 0 aliphatic rings. The van der Waals surface area contributed by atoms with Gasteiger partial charge in [0.2, 0.25) is 0 Å². The molecule has 620 valence electrons. The fourth-order valence-corrected chi connectivity index (χ4v) is 12.7. The number of hydrogen-bond donors (Lipinski definition) is 3. The molecule has 3 N–H and O–H groups in total. The zero-order valence-corrected chi connectivity index (χ0v) is 69.8. The number of rotatable bonds is 79. The average molecular weight is 1560 g/mol. The van der Waals surface area contributed by atoms with Crippen LogP contribution >= 0.6 is 15.6 Å². The summed E-state index contributed by atoms with van der Waals surface area (Å²) in [5.41, 5.74) is 0. The Morgan fingerprint density at radius 2 is 0.500 bits per heavy atom. The minimum atomic E-state index is -5.00. The van der Waals surface area contributed by atoms with Crippen molar-refractivity contribution in [1.29, 1.82) is 0 Å². The van der Waals surface area contributed by atoms with Crippen molar-refractivity contribution in [2.24, 2.45) is 0 Å². The highest BCUT2D eigenvalue weighted by atomic mass is 31.2. The lowest BCUT2D eigenvalue weighted by molar-refractivity contribution is -0.161. The van der Waals surface area contributed by atoms with Gasteiger partial charge in [-0.05, 0) is 135 Å². The fraction of sp³-hybridized carbons (Fsp3) is 0.708. The highest BCUT2D eigenvalue weighted by molar-refractivity contribution is 7.47. The van der Waals surface area contributed by atoms with E-state index >= 15 is 0 Å². The molecule has 108 heavy (non-hydrogen) atoms. The molecule has 0 heterocycles. The maximum absolute atomic E-state index is 13.1. The van der Waals surface area contributed by atoms with Crippen LogP contribution in [0.3, 0.4) is 0 Å². The third kappa shape index (κ3) is 79.3. The van der Waals surface area contributed by atoms with Gasteiger partial charge in [0.15, 0.2) is 12.2 Å². The van der Waals surface area contributed by atoms with Gasteiger partial charge in [0.25, 0.3) is 0 Å². The molecular formula is C89H152O17P2. The number of carbonyl (C=O) groups is 4. The Morgan fingerprint density at radius 3 is 0.815 bits per heavy atom. The van der Waals surface area contributed by atoms with Gasteiger partial charge in [-0.2, -0.15) is 0 Å². The number of ether oxygens (including phenoxy) is 4. The molecule has 17 nitrogen and oxygen atoms in total. The summed E-state index contributed by atoms with van der Waals surface area (Å²) in [6, 6.07) is 0. The Morgan fingerprint density at radius 1 is 0.269 bits per heavy atom. The fourth-order valence-electron chi connectivity index (χ4n) is 11.2. The Balaban J connectivity index is 5.46. The van der Waals surface area contributed by atoms with Crippen LogP contribution in [0.1, 0.15) is 349 Å². The summed E-state index contributed by atoms with van der Waals surface area (Å²) in [5.74, 6) is -2.29. The number of phosphoric acid groups is 2. The lowest BCUT2D eigenvalue weighted by Crippen LogP contribution is -2.30. The molecule has 5 unspecified atom stereocenters. The molecule has 0 aromatic rings. The zero-order chi connectivity index (χ0) is 78.9. The van der Waals surface area contributed by atoms with Crippen LogP contribution in [0.5, 0.6) is 0 Å². The van der Waals surface area contributed by atoms with Crippen LogP contribution in [0.15, 0.2) is 134 Å². The standard InChI is InChI=1S/C89H152O17P2/c1-5-9-13-17-21-25-29-33-37-39-41-43-47-50-54-58-62-66-70-74-87(92)100-80-85(106-89(94)76-72-68-64-60-56-52-48-44-42-40-38-34-30-26-22-18-14-10-6-2)82-104-108(97,98)102-78-83(90)77-101-107(95,96)103-81-84(105-88(93)75-71-67-63-59-55-51-46-36-32-28-24-20-16-12-8-4)79-99-86(91)73-69-65-61-57-53-49-45-35-31-27-23-19-15-11-7-3/h9,13,21-23,25-27,33-35,37-38,41-45,50,54,62,66,83-85,90H,5-8,10-12,14-20,24,28-32,36,39-40,46-49,51-53,55-61,63-65,67-82H2,1-4H3,(H,95,96)(H,97,98)/b13-9-,25-21-,26-22-,27-23-,37-33-,38-34-,43-41-,44-42-,45-35-,54-50-,66-62-. The van der Waals surface area contributed by atoms with E-state index in [9.17, 15) is 43.2 Å². The molecule has 0 aliphatic carbocycles. The molecule has 0 aromatic carbocycles. The molecule has 0 rings (SSSR count). The molecule has 0 saturated heterocycles. The molecule has 0 amide bonds. The first kappa shape index (κ1) is 103. The molecule has 0 fully saturated rings. The zero-order valence-electron chi connectivity index (χ0n) is 68.0. The van der Waals surface area contributed by atoms with E-state index in [0.717, 1.165) is 161 Å². The molecule has 19 heteroatoms. The van der Waals surface area contributed by atoms with Crippen molar-refractivity contribution in [2.45, 2.75) is 367 Å². The minimum absolute atomic E-state index is 0.0303. The predicted octanol–water partition coefficient (Wildman–Crippen LogP) is 25.2. The highest BCUT2D eigenvalue weighted by Gasteiger charge is 2.30. The van der Waals surface area contributed by atoms with E-state index in [-0.39, 0.29) is 25.7 Å². The van der Waals surface area contributed by atoms with E-state index in [1.165, 1.54) is 103 Å². The molecule has 0 spiro atoms. The van der Waals surface area contributed by atoms with Gasteiger partial charge in [-0.1, -0.05) is 322 Å². The van der Waals surface area contributed by atoms with Crippen molar-refractivity contribution >= 4 is 39.5 Å². The van der Waals surface area contributed by atoms with E-state index in [1.54, 1.807) is 0 Å². The summed E-state index contributed by atoms with van der Waals surface area (Å²) >= 11 is 0. The van der Waals surface area contributed by atoms with Gasteiger partial charge in [0.1, 0.15) is 19.3 Å².